The summed E-state index contributed by atoms with van der Waals surface area (Å²) in [6, 6.07) is 0. The average molecular weight is 585 g/mol. The number of Topliss-reactive ketones (excluding diaryl/α,β-unsaturated/α-hetero) is 1. The summed E-state index contributed by atoms with van der Waals surface area (Å²) >= 11 is 0. The van der Waals surface area contributed by atoms with E-state index >= 15 is 0 Å². The Morgan fingerprint density at radius 3 is 1.62 bits per heavy atom. The average Bonchev–Trinajstić information content (AvgIpc) is 2.89. The molecule has 1 heterocycles. The van der Waals surface area contributed by atoms with Gasteiger partial charge in [-0.15, -0.1) is 0 Å². The molecule has 0 aromatic rings. The van der Waals surface area contributed by atoms with E-state index in [1.807, 2.05) is 0 Å². The third-order valence-corrected chi connectivity index (χ3v) is 8.95. The molecular formula is C27H52O11S. The third kappa shape index (κ3) is 13.7. The first-order valence-electron chi connectivity index (χ1n) is 14.6. The van der Waals surface area contributed by atoms with Crippen molar-refractivity contribution in [2.24, 2.45) is 0 Å². The van der Waals surface area contributed by atoms with Crippen LogP contribution in [0.2, 0.25) is 0 Å². The van der Waals surface area contributed by atoms with Gasteiger partial charge in [0, 0.05) is 6.42 Å². The first-order chi connectivity index (χ1) is 18.4. The molecule has 1 saturated heterocycles. The highest BCUT2D eigenvalue weighted by atomic mass is 32.2. The summed E-state index contributed by atoms with van der Waals surface area (Å²) in [6.45, 7) is 0.848. The van der Waals surface area contributed by atoms with Gasteiger partial charge >= 0.3 is 0 Å². The number of rotatable bonds is 22. The van der Waals surface area contributed by atoms with Crippen LogP contribution in [-0.4, -0.2) is 104 Å². The second-order valence-corrected chi connectivity index (χ2v) is 12.6. The Kier molecular flexibility index (Phi) is 18.1. The van der Waals surface area contributed by atoms with Crippen LogP contribution >= 0.6 is 0 Å². The van der Waals surface area contributed by atoms with Gasteiger partial charge in [-0.05, 0) is 19.8 Å². The Balaban J connectivity index is 2.04. The minimum atomic E-state index is -4.51. The van der Waals surface area contributed by atoms with E-state index < -0.39 is 70.5 Å². The summed E-state index contributed by atoms with van der Waals surface area (Å²) in [5, 5.41) is 56.1. The predicted molar refractivity (Wildman–Crippen MR) is 146 cm³/mol. The normalized spacial score (nSPS) is 26.3. The fourth-order valence-corrected chi connectivity index (χ4v) is 6.13. The zero-order valence-corrected chi connectivity index (χ0v) is 24.1. The van der Waals surface area contributed by atoms with Gasteiger partial charge in [-0.3, -0.25) is 9.35 Å². The maximum atomic E-state index is 11.9. The number of ketones is 1. The molecular weight excluding hydrogens is 532 g/mol. The molecule has 7 N–H and O–H groups in total. The molecule has 1 fully saturated rings. The lowest BCUT2D eigenvalue weighted by Crippen LogP contribution is -2.60. The standard InChI is InChI=1S/C27H52O11S/c1-19-23(31)25(33)26(34)27(38-19)22(39(35,36)37)17-15-13-11-9-7-5-3-2-4-6-8-10-12-14-16-20(29)24(32)21(30)18-28/h19,21-28,30-34H,2-18H2,1H3,(H,35,36,37)/t19-,21?,22?,23+,24?,25+,26-,27?/m1/s1. The minimum absolute atomic E-state index is 0.0984. The highest BCUT2D eigenvalue weighted by Crippen LogP contribution is 2.28. The summed E-state index contributed by atoms with van der Waals surface area (Å²) in [4.78, 5) is 11.7. The van der Waals surface area contributed by atoms with Gasteiger partial charge in [-0.25, -0.2) is 0 Å². The fraction of sp³-hybridized carbons (Fsp3) is 0.963. The molecule has 0 aliphatic carbocycles. The van der Waals surface area contributed by atoms with Crippen LogP contribution in [0.5, 0.6) is 0 Å². The van der Waals surface area contributed by atoms with E-state index in [0.29, 0.717) is 12.8 Å². The number of aliphatic hydroxyl groups is 6. The molecule has 1 aliphatic rings. The maximum Gasteiger partial charge on any atom is 0.270 e. The summed E-state index contributed by atoms with van der Waals surface area (Å²) in [7, 11) is -4.51. The molecule has 0 spiro atoms. The third-order valence-electron chi connectivity index (χ3n) is 7.68. The summed E-state index contributed by atoms with van der Waals surface area (Å²) in [5.74, 6) is -0.426. The summed E-state index contributed by atoms with van der Waals surface area (Å²) in [5.41, 5.74) is 0. The lowest BCUT2D eigenvalue weighted by atomic mass is 9.92. The van der Waals surface area contributed by atoms with Crippen LogP contribution in [0, 0.1) is 0 Å². The molecule has 39 heavy (non-hydrogen) atoms. The number of hydrogen-bond donors (Lipinski definition) is 7. The van der Waals surface area contributed by atoms with Crippen LogP contribution < -0.4 is 0 Å². The van der Waals surface area contributed by atoms with Crippen molar-refractivity contribution in [3.63, 3.8) is 0 Å². The van der Waals surface area contributed by atoms with E-state index in [1.54, 1.807) is 0 Å². The molecule has 12 heteroatoms. The molecule has 0 radical (unpaired) electrons. The smallest absolute Gasteiger partial charge is 0.270 e. The molecule has 4 unspecified atom stereocenters. The molecule has 11 nitrogen and oxygen atoms in total. The molecule has 0 aromatic heterocycles. The zero-order chi connectivity index (χ0) is 29.4. The van der Waals surface area contributed by atoms with Crippen LogP contribution in [0.15, 0.2) is 0 Å². The Morgan fingerprint density at radius 2 is 1.18 bits per heavy atom. The second kappa shape index (κ2) is 19.4. The van der Waals surface area contributed by atoms with Gasteiger partial charge in [0.25, 0.3) is 10.1 Å². The Morgan fingerprint density at radius 1 is 0.744 bits per heavy atom. The Hall–Kier alpha value is -0.700. The number of hydrogen-bond acceptors (Lipinski definition) is 10. The van der Waals surface area contributed by atoms with Crippen LogP contribution in [0.3, 0.4) is 0 Å². The van der Waals surface area contributed by atoms with Gasteiger partial charge in [0.1, 0.15) is 41.9 Å². The highest BCUT2D eigenvalue weighted by Gasteiger charge is 2.48. The molecule has 0 bridgehead atoms. The lowest BCUT2D eigenvalue weighted by Gasteiger charge is -2.41. The van der Waals surface area contributed by atoms with Gasteiger partial charge in [0.05, 0.1) is 12.7 Å². The van der Waals surface area contributed by atoms with Crippen LogP contribution in [0.4, 0.5) is 0 Å². The van der Waals surface area contributed by atoms with E-state index in [1.165, 1.54) is 13.3 Å². The topological polar surface area (TPSA) is 202 Å². The van der Waals surface area contributed by atoms with Crippen molar-refractivity contribution < 1.29 is 53.1 Å². The first kappa shape index (κ1) is 36.3. The van der Waals surface area contributed by atoms with Gasteiger partial charge in [0.2, 0.25) is 0 Å². The number of carbonyl (C=O) groups excluding carboxylic acids is 1. The number of unbranched alkanes of at least 4 members (excludes halogenated alkanes) is 13. The van der Waals surface area contributed by atoms with Crippen molar-refractivity contribution in [3.05, 3.63) is 0 Å². The number of aliphatic hydroxyl groups excluding tert-OH is 6. The van der Waals surface area contributed by atoms with E-state index in [2.05, 4.69) is 0 Å². The summed E-state index contributed by atoms with van der Waals surface area (Å²) in [6.07, 6.45) is 4.61. The Bertz CT molecular complexity index is 763. The van der Waals surface area contributed by atoms with Crippen molar-refractivity contribution in [1.82, 2.24) is 0 Å². The molecule has 0 aromatic carbocycles. The van der Waals surface area contributed by atoms with Gasteiger partial charge in [-0.1, -0.05) is 83.5 Å². The predicted octanol–water partition coefficient (Wildman–Crippen LogP) is 1.64. The van der Waals surface area contributed by atoms with Crippen molar-refractivity contribution in [2.75, 3.05) is 6.61 Å². The largest absolute Gasteiger partial charge is 0.394 e. The minimum Gasteiger partial charge on any atom is -0.394 e. The van der Waals surface area contributed by atoms with Gasteiger partial charge in [0.15, 0.2) is 5.78 Å². The SMILES string of the molecule is C[C@H]1OC(C(CCCCCCCCCCCCCCCCC(=O)C(O)C(O)CO)S(=O)(=O)O)[C@H](O)[C@@H](O)[C@H]1O. The highest BCUT2D eigenvalue weighted by molar-refractivity contribution is 7.86. The fourth-order valence-electron chi connectivity index (χ4n) is 5.10. The second-order valence-electron chi connectivity index (χ2n) is 11.0. The Labute approximate surface area is 233 Å². The molecule has 232 valence electrons. The molecule has 8 atom stereocenters. The van der Waals surface area contributed by atoms with Crippen molar-refractivity contribution in [3.8, 4) is 0 Å². The lowest BCUT2D eigenvalue weighted by molar-refractivity contribution is -0.217. The van der Waals surface area contributed by atoms with Crippen molar-refractivity contribution in [2.45, 2.75) is 158 Å². The van der Waals surface area contributed by atoms with Crippen molar-refractivity contribution in [1.29, 1.82) is 0 Å². The van der Waals surface area contributed by atoms with E-state index in [-0.39, 0.29) is 12.8 Å². The number of carbonyl (C=O) groups is 1. The first-order valence-corrected chi connectivity index (χ1v) is 16.1. The van der Waals surface area contributed by atoms with Gasteiger partial charge in [-0.2, -0.15) is 8.42 Å². The molecule has 1 rings (SSSR count). The maximum absolute atomic E-state index is 11.9. The van der Waals surface area contributed by atoms with Gasteiger partial charge < -0.3 is 35.4 Å². The van der Waals surface area contributed by atoms with E-state index in [4.69, 9.17) is 9.84 Å². The van der Waals surface area contributed by atoms with E-state index in [0.717, 1.165) is 70.6 Å². The number of ether oxygens (including phenoxy) is 1. The quantitative estimate of drug-likeness (QED) is 0.0720. The van der Waals surface area contributed by atoms with Crippen LogP contribution in [0.25, 0.3) is 0 Å². The zero-order valence-electron chi connectivity index (χ0n) is 23.3. The molecule has 1 aliphatic heterocycles. The monoisotopic (exact) mass is 584 g/mol. The van der Waals surface area contributed by atoms with Crippen molar-refractivity contribution >= 4 is 15.9 Å². The van der Waals surface area contributed by atoms with Crippen LogP contribution in [0.1, 0.15) is 110 Å². The molecule has 0 amide bonds. The van der Waals surface area contributed by atoms with Crippen LogP contribution in [-0.2, 0) is 19.6 Å². The van der Waals surface area contributed by atoms with E-state index in [9.17, 15) is 43.3 Å². The summed E-state index contributed by atoms with van der Waals surface area (Å²) < 4.78 is 38.9. The molecule has 0 saturated carbocycles.